The lowest BCUT2D eigenvalue weighted by atomic mass is 10.3. The lowest BCUT2D eigenvalue weighted by Crippen LogP contribution is -1.99. The number of rotatable bonds is 3. The van der Waals surface area contributed by atoms with Crippen molar-refractivity contribution in [2.24, 2.45) is 0 Å². The molecule has 1 N–H and O–H groups in total. The van der Waals surface area contributed by atoms with E-state index in [0.717, 1.165) is 19.5 Å². The fraction of sp³-hybridized carbons (Fsp3) is 0.0833. The van der Waals surface area contributed by atoms with Gasteiger partial charge in [-0.3, -0.25) is 0 Å². The highest BCUT2D eigenvalue weighted by atomic mass is 127. The van der Waals surface area contributed by atoms with E-state index >= 15 is 0 Å². The summed E-state index contributed by atoms with van der Waals surface area (Å²) in [4.78, 5) is 0. The lowest BCUT2D eigenvalue weighted by molar-refractivity contribution is 0.506. The maximum atomic E-state index is 8.64. The van der Waals surface area contributed by atoms with Crippen molar-refractivity contribution >= 4 is 44.2 Å². The van der Waals surface area contributed by atoms with Gasteiger partial charge in [0, 0.05) is 13.7 Å². The molecule has 3 nitrogen and oxygen atoms in total. The van der Waals surface area contributed by atoms with Gasteiger partial charge in [0.15, 0.2) is 0 Å². The van der Waals surface area contributed by atoms with Crippen LogP contribution in [0.15, 0.2) is 39.2 Å². The summed E-state index contributed by atoms with van der Waals surface area (Å²) in [6.45, 7) is 0.556. The van der Waals surface area contributed by atoms with Crippen LogP contribution in [-0.2, 0) is 6.54 Å². The van der Waals surface area contributed by atoms with Gasteiger partial charge in [0.25, 0.3) is 0 Å². The maximum absolute atomic E-state index is 8.64. The Hall–Kier alpha value is -1.000. The Morgan fingerprint density at radius 2 is 2.18 bits per heavy atom. The van der Waals surface area contributed by atoms with Gasteiger partial charge in [0.1, 0.15) is 11.8 Å². The van der Waals surface area contributed by atoms with Gasteiger partial charge in [-0.05, 0) is 68.9 Å². The van der Waals surface area contributed by atoms with Crippen molar-refractivity contribution in [1.82, 2.24) is 0 Å². The summed E-state index contributed by atoms with van der Waals surface area (Å²) in [6, 6.07) is 11.5. The van der Waals surface area contributed by atoms with Gasteiger partial charge in [-0.1, -0.05) is 0 Å². The normalized spacial score (nSPS) is 9.94. The molecule has 0 aliphatic carbocycles. The van der Waals surface area contributed by atoms with Crippen LogP contribution < -0.4 is 5.32 Å². The van der Waals surface area contributed by atoms with Crippen molar-refractivity contribution in [3.63, 3.8) is 0 Å². The summed E-state index contributed by atoms with van der Waals surface area (Å²) in [7, 11) is 0. The quantitative estimate of drug-likeness (QED) is 0.785. The van der Waals surface area contributed by atoms with Crippen LogP contribution >= 0.6 is 38.5 Å². The average molecular weight is 403 g/mol. The lowest BCUT2D eigenvalue weighted by Gasteiger charge is -2.07. The standard InChI is InChI=1S/C12H8BrIN2O/c13-11-4-1-8(14)5-12(11)16-7-10-3-2-9(6-15)17-10/h1-5,16H,7H2. The van der Waals surface area contributed by atoms with E-state index in [1.807, 2.05) is 24.3 Å². The molecular formula is C12H8BrIN2O. The van der Waals surface area contributed by atoms with Crippen LogP contribution in [0.5, 0.6) is 0 Å². The van der Waals surface area contributed by atoms with Gasteiger partial charge in [0.05, 0.1) is 6.54 Å². The first-order chi connectivity index (χ1) is 8.19. The average Bonchev–Trinajstić information content (AvgIpc) is 2.78. The number of hydrogen-bond acceptors (Lipinski definition) is 3. The SMILES string of the molecule is N#Cc1ccc(CNc2cc(I)ccc2Br)o1. The van der Waals surface area contributed by atoms with E-state index in [2.05, 4.69) is 43.8 Å². The first-order valence-corrected chi connectivity index (χ1v) is 6.74. The summed E-state index contributed by atoms with van der Waals surface area (Å²) in [6.07, 6.45) is 0. The molecule has 0 spiro atoms. The molecule has 0 fully saturated rings. The second-order valence-electron chi connectivity index (χ2n) is 3.36. The highest BCUT2D eigenvalue weighted by Crippen LogP contribution is 2.25. The number of nitrogens with one attached hydrogen (secondary N) is 1. The predicted molar refractivity (Wildman–Crippen MR) is 77.6 cm³/mol. The van der Waals surface area contributed by atoms with Crippen LogP contribution in [0.2, 0.25) is 0 Å². The molecule has 0 aliphatic rings. The first kappa shape index (κ1) is 12.5. The summed E-state index contributed by atoms with van der Waals surface area (Å²) < 4.78 is 7.45. The molecule has 0 amide bonds. The van der Waals surface area contributed by atoms with E-state index in [9.17, 15) is 0 Å². The smallest absolute Gasteiger partial charge is 0.203 e. The minimum Gasteiger partial charge on any atom is -0.449 e. The van der Waals surface area contributed by atoms with Gasteiger partial charge < -0.3 is 9.73 Å². The van der Waals surface area contributed by atoms with Crippen molar-refractivity contribution in [1.29, 1.82) is 5.26 Å². The number of anilines is 1. The topological polar surface area (TPSA) is 49.0 Å². The van der Waals surface area contributed by atoms with E-state index in [-0.39, 0.29) is 0 Å². The van der Waals surface area contributed by atoms with Crippen LogP contribution in [-0.4, -0.2) is 0 Å². The van der Waals surface area contributed by atoms with Gasteiger partial charge in [-0.2, -0.15) is 5.26 Å². The van der Waals surface area contributed by atoms with Crippen LogP contribution in [0.3, 0.4) is 0 Å². The predicted octanol–water partition coefficient (Wildman–Crippen LogP) is 4.13. The Morgan fingerprint density at radius 1 is 1.35 bits per heavy atom. The van der Waals surface area contributed by atoms with Crippen molar-refractivity contribution in [3.8, 4) is 6.07 Å². The molecule has 2 rings (SSSR count). The molecule has 1 aromatic heterocycles. The Kier molecular flexibility index (Phi) is 4.07. The van der Waals surface area contributed by atoms with E-state index in [0.29, 0.717) is 12.3 Å². The molecule has 0 radical (unpaired) electrons. The Bertz CT molecular complexity index is 574. The summed E-state index contributed by atoms with van der Waals surface area (Å²) >= 11 is 5.73. The fourth-order valence-corrected chi connectivity index (χ4v) is 2.23. The van der Waals surface area contributed by atoms with Gasteiger partial charge in [0.2, 0.25) is 5.76 Å². The van der Waals surface area contributed by atoms with Gasteiger partial charge >= 0.3 is 0 Å². The third-order valence-electron chi connectivity index (χ3n) is 2.15. The molecular weight excluding hydrogens is 395 g/mol. The largest absolute Gasteiger partial charge is 0.449 e. The zero-order valence-corrected chi connectivity index (χ0v) is 12.4. The van der Waals surface area contributed by atoms with Crippen molar-refractivity contribution < 1.29 is 4.42 Å². The Balaban J connectivity index is 2.07. The van der Waals surface area contributed by atoms with Crippen LogP contribution in [0.1, 0.15) is 11.5 Å². The summed E-state index contributed by atoms with van der Waals surface area (Å²) in [5.41, 5.74) is 1.01. The zero-order chi connectivity index (χ0) is 12.3. The molecule has 86 valence electrons. The van der Waals surface area contributed by atoms with Crippen LogP contribution in [0.4, 0.5) is 5.69 Å². The molecule has 0 saturated heterocycles. The molecule has 2 aromatic rings. The number of hydrogen-bond donors (Lipinski definition) is 1. The van der Waals surface area contributed by atoms with E-state index in [4.69, 9.17) is 9.68 Å². The molecule has 0 unspecified atom stereocenters. The van der Waals surface area contributed by atoms with Crippen molar-refractivity contribution in [2.75, 3.05) is 5.32 Å². The molecule has 5 heteroatoms. The molecule has 1 aromatic carbocycles. The second-order valence-corrected chi connectivity index (χ2v) is 5.46. The molecule has 0 bridgehead atoms. The summed E-state index contributed by atoms with van der Waals surface area (Å²) in [5, 5.41) is 11.9. The van der Waals surface area contributed by atoms with E-state index in [1.165, 1.54) is 0 Å². The minimum atomic E-state index is 0.337. The fourth-order valence-electron chi connectivity index (χ4n) is 1.35. The monoisotopic (exact) mass is 402 g/mol. The zero-order valence-electron chi connectivity index (χ0n) is 8.71. The van der Waals surface area contributed by atoms with Crippen molar-refractivity contribution in [3.05, 3.63) is 49.9 Å². The number of nitrogens with zero attached hydrogens (tertiary/aromatic N) is 1. The number of benzene rings is 1. The highest BCUT2D eigenvalue weighted by molar-refractivity contribution is 14.1. The highest BCUT2D eigenvalue weighted by Gasteiger charge is 2.03. The molecule has 17 heavy (non-hydrogen) atoms. The molecule has 0 atom stereocenters. The molecule has 0 aliphatic heterocycles. The Morgan fingerprint density at radius 3 is 2.88 bits per heavy atom. The third kappa shape index (κ3) is 3.23. The van der Waals surface area contributed by atoms with Crippen LogP contribution in [0.25, 0.3) is 0 Å². The number of furan rings is 1. The number of halogens is 2. The Labute approximate surface area is 121 Å². The van der Waals surface area contributed by atoms with E-state index in [1.54, 1.807) is 12.1 Å². The maximum Gasteiger partial charge on any atom is 0.203 e. The first-order valence-electron chi connectivity index (χ1n) is 4.87. The van der Waals surface area contributed by atoms with Crippen molar-refractivity contribution in [2.45, 2.75) is 6.54 Å². The van der Waals surface area contributed by atoms with Gasteiger partial charge in [-0.25, -0.2) is 0 Å². The summed E-state index contributed by atoms with van der Waals surface area (Å²) in [5.74, 6) is 1.08. The minimum absolute atomic E-state index is 0.337. The third-order valence-corrected chi connectivity index (χ3v) is 3.52. The second kappa shape index (κ2) is 5.56. The number of nitriles is 1. The van der Waals surface area contributed by atoms with E-state index < -0.39 is 0 Å². The molecule has 0 saturated carbocycles. The van der Waals surface area contributed by atoms with Gasteiger partial charge in [-0.15, -0.1) is 0 Å². The van der Waals surface area contributed by atoms with Crippen LogP contribution in [0, 0.1) is 14.9 Å². The molecule has 1 heterocycles.